The minimum atomic E-state index is -0.752. The van der Waals surface area contributed by atoms with Gasteiger partial charge >= 0.3 is 5.97 Å². The molecule has 3 heteroatoms. The summed E-state index contributed by atoms with van der Waals surface area (Å²) in [4.78, 5) is 11.1. The Labute approximate surface area is 98.4 Å². The highest BCUT2D eigenvalue weighted by atomic mass is 79.9. The molecule has 1 aromatic carbocycles. The molecule has 1 N–H and O–H groups in total. The normalized spacial score (nSPS) is 12.5. The van der Waals surface area contributed by atoms with Gasteiger partial charge in [-0.1, -0.05) is 28.9 Å². The van der Waals surface area contributed by atoms with Gasteiger partial charge in [-0.3, -0.25) is 4.79 Å². The average molecular weight is 271 g/mol. The van der Waals surface area contributed by atoms with E-state index < -0.39 is 11.9 Å². The molecule has 2 nitrogen and oxygen atoms in total. The van der Waals surface area contributed by atoms with Gasteiger partial charge < -0.3 is 5.11 Å². The van der Waals surface area contributed by atoms with Gasteiger partial charge in [0.05, 0.1) is 5.92 Å². The third-order valence-electron chi connectivity index (χ3n) is 2.61. The van der Waals surface area contributed by atoms with Crippen molar-refractivity contribution in [3.63, 3.8) is 0 Å². The Hall–Kier alpha value is -0.830. The number of aryl methyl sites for hydroxylation is 1. The van der Waals surface area contributed by atoms with Crippen molar-refractivity contribution < 1.29 is 9.90 Å². The maximum absolute atomic E-state index is 11.1. The largest absolute Gasteiger partial charge is 0.481 e. The molecule has 0 fully saturated rings. The second-order valence-corrected chi connectivity index (χ2v) is 4.61. The molecular weight excluding hydrogens is 256 g/mol. The van der Waals surface area contributed by atoms with E-state index >= 15 is 0 Å². The van der Waals surface area contributed by atoms with Crippen LogP contribution in [0.4, 0.5) is 0 Å². The number of carboxylic acid groups (broad SMARTS) is 1. The Kier molecular flexibility index (Phi) is 3.91. The van der Waals surface area contributed by atoms with Gasteiger partial charge in [0.25, 0.3) is 0 Å². The summed E-state index contributed by atoms with van der Waals surface area (Å²) in [5.41, 5.74) is 3.02. The Morgan fingerprint density at radius 1 is 1.47 bits per heavy atom. The summed E-state index contributed by atoms with van der Waals surface area (Å²) in [6.45, 7) is 5.82. The van der Waals surface area contributed by atoms with Crippen molar-refractivity contribution in [2.45, 2.75) is 33.1 Å². The molecule has 0 aliphatic heterocycles. The number of benzene rings is 1. The van der Waals surface area contributed by atoms with Crippen LogP contribution in [0.25, 0.3) is 0 Å². The summed E-state index contributed by atoms with van der Waals surface area (Å²) in [5.74, 6) is -1.15. The molecule has 0 bridgehead atoms. The van der Waals surface area contributed by atoms with Crippen molar-refractivity contribution >= 4 is 21.9 Å². The molecule has 0 amide bonds. The molecule has 82 valence electrons. The number of carboxylic acids is 1. The van der Waals surface area contributed by atoms with E-state index in [1.54, 1.807) is 0 Å². The first-order valence-electron chi connectivity index (χ1n) is 4.96. The first-order chi connectivity index (χ1) is 6.97. The molecule has 0 heterocycles. The van der Waals surface area contributed by atoms with E-state index in [1.165, 1.54) is 0 Å². The SMILES string of the molecule is CCC(C(=O)O)c1cc(C)cc(Br)c1C. The molecule has 0 aliphatic carbocycles. The van der Waals surface area contributed by atoms with E-state index in [1.807, 2.05) is 32.9 Å². The molecule has 0 saturated heterocycles. The van der Waals surface area contributed by atoms with Crippen LogP contribution < -0.4 is 0 Å². The number of carbonyl (C=O) groups is 1. The van der Waals surface area contributed by atoms with E-state index in [4.69, 9.17) is 5.11 Å². The van der Waals surface area contributed by atoms with Gasteiger partial charge in [0.15, 0.2) is 0 Å². The van der Waals surface area contributed by atoms with Gasteiger partial charge in [-0.15, -0.1) is 0 Å². The van der Waals surface area contributed by atoms with Gasteiger partial charge in [0, 0.05) is 4.47 Å². The summed E-state index contributed by atoms with van der Waals surface area (Å²) in [6, 6.07) is 3.97. The van der Waals surface area contributed by atoms with Crippen molar-refractivity contribution in [3.05, 3.63) is 33.3 Å². The zero-order chi connectivity index (χ0) is 11.6. The topological polar surface area (TPSA) is 37.3 Å². The fourth-order valence-corrected chi connectivity index (χ4v) is 2.32. The van der Waals surface area contributed by atoms with Crippen LogP contribution in [-0.4, -0.2) is 11.1 Å². The van der Waals surface area contributed by atoms with E-state index in [0.717, 1.165) is 21.2 Å². The molecule has 0 saturated carbocycles. The molecule has 15 heavy (non-hydrogen) atoms. The number of hydrogen-bond donors (Lipinski definition) is 1. The quantitative estimate of drug-likeness (QED) is 0.911. The van der Waals surface area contributed by atoms with E-state index in [0.29, 0.717) is 6.42 Å². The summed E-state index contributed by atoms with van der Waals surface area (Å²) < 4.78 is 0.984. The predicted octanol–water partition coefficient (Wildman–Crippen LogP) is 3.64. The fraction of sp³-hybridized carbons (Fsp3) is 0.417. The third-order valence-corrected chi connectivity index (χ3v) is 3.43. The van der Waals surface area contributed by atoms with E-state index in [-0.39, 0.29) is 0 Å². The van der Waals surface area contributed by atoms with Gasteiger partial charge in [0.2, 0.25) is 0 Å². The molecule has 1 rings (SSSR count). The minimum absolute atomic E-state index is 0.402. The summed E-state index contributed by atoms with van der Waals surface area (Å²) in [7, 11) is 0. The van der Waals surface area contributed by atoms with Crippen molar-refractivity contribution in [2.24, 2.45) is 0 Å². The maximum Gasteiger partial charge on any atom is 0.310 e. The molecule has 0 aliphatic rings. The van der Waals surface area contributed by atoms with Crippen LogP contribution in [-0.2, 0) is 4.79 Å². The van der Waals surface area contributed by atoms with Crippen LogP contribution in [0.2, 0.25) is 0 Å². The molecule has 1 atom stereocenters. The molecule has 1 aromatic rings. The van der Waals surface area contributed by atoms with Crippen LogP contribution >= 0.6 is 15.9 Å². The first kappa shape index (κ1) is 12.2. The Morgan fingerprint density at radius 3 is 2.53 bits per heavy atom. The highest BCUT2D eigenvalue weighted by Crippen LogP contribution is 2.29. The van der Waals surface area contributed by atoms with Crippen LogP contribution in [0.1, 0.15) is 36.0 Å². The fourth-order valence-electron chi connectivity index (χ4n) is 1.73. The van der Waals surface area contributed by atoms with E-state index in [2.05, 4.69) is 15.9 Å². The second-order valence-electron chi connectivity index (χ2n) is 3.76. The van der Waals surface area contributed by atoms with Gasteiger partial charge in [-0.05, 0) is 43.0 Å². The lowest BCUT2D eigenvalue weighted by Gasteiger charge is -2.15. The monoisotopic (exact) mass is 270 g/mol. The van der Waals surface area contributed by atoms with Crippen LogP contribution in [0.3, 0.4) is 0 Å². The number of aliphatic carboxylic acids is 1. The van der Waals surface area contributed by atoms with Crippen LogP contribution in [0.15, 0.2) is 16.6 Å². The Bertz CT molecular complexity index is 385. The molecule has 0 radical (unpaired) electrons. The number of halogens is 1. The van der Waals surface area contributed by atoms with E-state index in [9.17, 15) is 4.79 Å². The summed E-state index contributed by atoms with van der Waals surface area (Å²) >= 11 is 3.45. The van der Waals surface area contributed by atoms with Crippen molar-refractivity contribution in [2.75, 3.05) is 0 Å². The highest BCUT2D eigenvalue weighted by Gasteiger charge is 2.20. The molecule has 0 spiro atoms. The Morgan fingerprint density at radius 2 is 2.07 bits per heavy atom. The molecule has 0 aromatic heterocycles. The minimum Gasteiger partial charge on any atom is -0.481 e. The number of rotatable bonds is 3. The molecule has 1 unspecified atom stereocenters. The first-order valence-corrected chi connectivity index (χ1v) is 5.76. The van der Waals surface area contributed by atoms with Gasteiger partial charge in [0.1, 0.15) is 0 Å². The van der Waals surface area contributed by atoms with Gasteiger partial charge in [-0.25, -0.2) is 0 Å². The zero-order valence-electron chi connectivity index (χ0n) is 9.17. The molecular formula is C12H15BrO2. The standard InChI is InChI=1S/C12H15BrO2/c1-4-9(12(14)15)10-5-7(2)6-11(13)8(10)3/h5-6,9H,4H2,1-3H3,(H,14,15). The zero-order valence-corrected chi connectivity index (χ0v) is 10.8. The average Bonchev–Trinajstić information content (AvgIpc) is 2.13. The van der Waals surface area contributed by atoms with Gasteiger partial charge in [-0.2, -0.15) is 0 Å². The summed E-state index contributed by atoms with van der Waals surface area (Å²) in [6.07, 6.45) is 0.617. The number of hydrogen-bond acceptors (Lipinski definition) is 1. The van der Waals surface area contributed by atoms with Crippen LogP contribution in [0.5, 0.6) is 0 Å². The lowest BCUT2D eigenvalue weighted by molar-refractivity contribution is -0.138. The van der Waals surface area contributed by atoms with Crippen molar-refractivity contribution in [3.8, 4) is 0 Å². The second kappa shape index (κ2) is 4.79. The highest BCUT2D eigenvalue weighted by molar-refractivity contribution is 9.10. The smallest absolute Gasteiger partial charge is 0.310 e. The lowest BCUT2D eigenvalue weighted by Crippen LogP contribution is -2.12. The maximum atomic E-state index is 11.1. The Balaban J connectivity index is 3.28. The summed E-state index contributed by atoms with van der Waals surface area (Å²) in [5, 5.41) is 9.12. The lowest BCUT2D eigenvalue weighted by atomic mass is 9.91. The predicted molar refractivity (Wildman–Crippen MR) is 64.3 cm³/mol. The van der Waals surface area contributed by atoms with Crippen molar-refractivity contribution in [1.82, 2.24) is 0 Å². The third kappa shape index (κ3) is 2.59. The van der Waals surface area contributed by atoms with Crippen LogP contribution in [0, 0.1) is 13.8 Å². The van der Waals surface area contributed by atoms with Crippen molar-refractivity contribution in [1.29, 1.82) is 0 Å².